The van der Waals surface area contributed by atoms with Gasteiger partial charge in [-0.25, -0.2) is 4.45 Å². The van der Waals surface area contributed by atoms with Crippen molar-refractivity contribution < 1.29 is 0 Å². The summed E-state index contributed by atoms with van der Waals surface area (Å²) in [5, 5.41) is 11.0. The molecule has 10 heavy (non-hydrogen) atoms. The Balaban J connectivity index is 2.64. The van der Waals surface area contributed by atoms with Gasteiger partial charge in [0.15, 0.2) is 0 Å². The lowest BCUT2D eigenvalue weighted by atomic mass is 11.0. The highest BCUT2D eigenvalue weighted by Crippen LogP contribution is 2.33. The van der Waals surface area contributed by atoms with Crippen LogP contribution in [-0.4, -0.2) is 32.3 Å². The summed E-state index contributed by atoms with van der Waals surface area (Å²) in [6, 6.07) is 0. The van der Waals surface area contributed by atoms with Crippen molar-refractivity contribution in [2.24, 2.45) is 0 Å². The number of nitrogens with zero attached hydrogens (tertiary/aromatic N) is 4. The molecule has 5 heteroatoms. The standard InChI is InChI=1S/C5H11N4P/c1-3-10(4-2)9-5-6-7-8-9/h5H,3-4H2,1-2H3. The van der Waals surface area contributed by atoms with Gasteiger partial charge in [-0.15, -0.1) is 5.10 Å². The molecule has 0 unspecified atom stereocenters. The molecular weight excluding hydrogens is 147 g/mol. The van der Waals surface area contributed by atoms with Crippen molar-refractivity contribution in [2.75, 3.05) is 12.3 Å². The van der Waals surface area contributed by atoms with Crippen molar-refractivity contribution in [3.63, 3.8) is 0 Å². The quantitative estimate of drug-likeness (QED) is 0.615. The Morgan fingerprint density at radius 3 is 2.50 bits per heavy atom. The first-order valence-electron chi connectivity index (χ1n) is 3.36. The molecule has 0 N–H and O–H groups in total. The van der Waals surface area contributed by atoms with Gasteiger partial charge in [-0.3, -0.25) is 0 Å². The van der Waals surface area contributed by atoms with Crippen LogP contribution in [0.2, 0.25) is 0 Å². The monoisotopic (exact) mass is 158 g/mol. The SMILES string of the molecule is CCP(CC)n1cnnn1. The van der Waals surface area contributed by atoms with E-state index in [0.717, 1.165) is 12.3 Å². The molecule has 0 aliphatic carbocycles. The summed E-state index contributed by atoms with van der Waals surface area (Å²) in [4.78, 5) is 0. The first-order valence-corrected chi connectivity index (χ1v) is 5.03. The third-order valence-corrected chi connectivity index (χ3v) is 3.58. The first kappa shape index (κ1) is 7.61. The molecular formula is C5H11N4P. The average molecular weight is 158 g/mol. The molecule has 0 amide bonds. The fraction of sp³-hybridized carbons (Fsp3) is 0.800. The molecule has 1 aromatic heterocycles. The van der Waals surface area contributed by atoms with E-state index in [2.05, 4.69) is 29.4 Å². The Hall–Kier alpha value is -0.500. The minimum absolute atomic E-state index is 0.134. The summed E-state index contributed by atoms with van der Waals surface area (Å²) in [7, 11) is -0.134. The second-order valence-corrected chi connectivity index (χ2v) is 4.56. The fourth-order valence-corrected chi connectivity index (χ4v) is 2.17. The number of rotatable bonds is 3. The smallest absolute Gasteiger partial charge is 0.142 e. The summed E-state index contributed by atoms with van der Waals surface area (Å²) in [6.07, 6.45) is 3.99. The van der Waals surface area contributed by atoms with Crippen molar-refractivity contribution in [3.8, 4) is 0 Å². The van der Waals surface area contributed by atoms with Crippen molar-refractivity contribution in [1.29, 1.82) is 0 Å². The molecule has 4 nitrogen and oxygen atoms in total. The molecule has 0 aliphatic heterocycles. The zero-order valence-corrected chi connectivity index (χ0v) is 7.12. The Kier molecular flexibility index (Phi) is 2.75. The van der Waals surface area contributed by atoms with Gasteiger partial charge in [0, 0.05) is 8.07 Å². The summed E-state index contributed by atoms with van der Waals surface area (Å²) in [5.41, 5.74) is 0. The van der Waals surface area contributed by atoms with Crippen LogP contribution in [0.15, 0.2) is 6.33 Å². The lowest BCUT2D eigenvalue weighted by Crippen LogP contribution is -1.96. The van der Waals surface area contributed by atoms with Crippen molar-refractivity contribution >= 4 is 8.07 Å². The molecule has 0 aromatic carbocycles. The molecule has 0 bridgehead atoms. The van der Waals surface area contributed by atoms with Gasteiger partial charge in [-0.2, -0.15) is 0 Å². The highest BCUT2D eigenvalue weighted by atomic mass is 31.1. The third-order valence-electron chi connectivity index (χ3n) is 1.36. The van der Waals surface area contributed by atoms with Gasteiger partial charge in [-0.1, -0.05) is 13.8 Å². The molecule has 0 saturated heterocycles. The summed E-state index contributed by atoms with van der Waals surface area (Å²) >= 11 is 0. The van der Waals surface area contributed by atoms with E-state index in [0.29, 0.717) is 0 Å². The molecule has 1 rings (SSSR count). The van der Waals surface area contributed by atoms with E-state index in [9.17, 15) is 0 Å². The Morgan fingerprint density at radius 1 is 1.40 bits per heavy atom. The molecule has 1 heterocycles. The van der Waals surface area contributed by atoms with E-state index in [1.165, 1.54) is 0 Å². The van der Waals surface area contributed by atoms with Gasteiger partial charge in [-0.05, 0) is 22.8 Å². The Morgan fingerprint density at radius 2 is 2.10 bits per heavy atom. The highest BCUT2D eigenvalue weighted by molar-refractivity contribution is 7.55. The number of tetrazole rings is 1. The van der Waals surface area contributed by atoms with Gasteiger partial charge in [0.05, 0.1) is 0 Å². The van der Waals surface area contributed by atoms with Gasteiger partial charge in [0.25, 0.3) is 0 Å². The van der Waals surface area contributed by atoms with E-state index in [1.807, 2.05) is 4.45 Å². The summed E-state index contributed by atoms with van der Waals surface area (Å²) < 4.78 is 1.87. The molecule has 0 fully saturated rings. The predicted octanol–water partition coefficient (Wildman–Crippen LogP) is 0.958. The van der Waals surface area contributed by atoms with Gasteiger partial charge in [0.1, 0.15) is 6.33 Å². The zero-order valence-electron chi connectivity index (χ0n) is 6.23. The normalized spacial score (nSPS) is 10.7. The molecule has 0 saturated carbocycles. The second-order valence-electron chi connectivity index (χ2n) is 1.87. The van der Waals surface area contributed by atoms with Crippen LogP contribution in [0.1, 0.15) is 13.8 Å². The molecule has 0 spiro atoms. The highest BCUT2D eigenvalue weighted by Gasteiger charge is 2.04. The summed E-state index contributed by atoms with van der Waals surface area (Å²) in [6.45, 7) is 4.33. The van der Waals surface area contributed by atoms with Crippen molar-refractivity contribution in [1.82, 2.24) is 20.0 Å². The van der Waals surface area contributed by atoms with E-state index >= 15 is 0 Å². The minimum Gasteiger partial charge on any atom is -0.212 e. The van der Waals surface area contributed by atoms with Crippen LogP contribution in [0.5, 0.6) is 0 Å². The number of aromatic nitrogens is 4. The molecule has 0 radical (unpaired) electrons. The maximum absolute atomic E-state index is 3.84. The Bertz CT molecular complexity index is 170. The van der Waals surface area contributed by atoms with E-state index in [1.54, 1.807) is 6.33 Å². The van der Waals surface area contributed by atoms with Crippen LogP contribution < -0.4 is 0 Å². The second kappa shape index (κ2) is 3.62. The van der Waals surface area contributed by atoms with E-state index in [-0.39, 0.29) is 8.07 Å². The molecule has 56 valence electrons. The van der Waals surface area contributed by atoms with Crippen molar-refractivity contribution in [2.45, 2.75) is 13.8 Å². The van der Waals surface area contributed by atoms with Gasteiger partial charge >= 0.3 is 0 Å². The van der Waals surface area contributed by atoms with Crippen LogP contribution in [0, 0.1) is 0 Å². The molecule has 0 aliphatic rings. The molecule has 0 atom stereocenters. The van der Waals surface area contributed by atoms with Gasteiger partial charge in [0.2, 0.25) is 0 Å². The minimum atomic E-state index is -0.134. The topological polar surface area (TPSA) is 43.6 Å². The fourth-order valence-electron chi connectivity index (χ4n) is 0.799. The third kappa shape index (κ3) is 1.51. The predicted molar refractivity (Wildman–Crippen MR) is 41.2 cm³/mol. The van der Waals surface area contributed by atoms with Crippen LogP contribution in [0.25, 0.3) is 0 Å². The van der Waals surface area contributed by atoms with E-state index < -0.39 is 0 Å². The Labute approximate surface area is 61.4 Å². The number of hydrogen-bond acceptors (Lipinski definition) is 3. The summed E-state index contributed by atoms with van der Waals surface area (Å²) in [5.74, 6) is 0. The maximum Gasteiger partial charge on any atom is 0.142 e. The molecule has 1 aromatic rings. The lowest BCUT2D eigenvalue weighted by Gasteiger charge is -2.09. The van der Waals surface area contributed by atoms with Gasteiger partial charge < -0.3 is 0 Å². The van der Waals surface area contributed by atoms with Crippen LogP contribution in [0.4, 0.5) is 0 Å². The van der Waals surface area contributed by atoms with Crippen LogP contribution in [0.3, 0.4) is 0 Å². The van der Waals surface area contributed by atoms with E-state index in [4.69, 9.17) is 0 Å². The lowest BCUT2D eigenvalue weighted by molar-refractivity contribution is 0.841. The van der Waals surface area contributed by atoms with Crippen LogP contribution in [-0.2, 0) is 0 Å². The van der Waals surface area contributed by atoms with Crippen LogP contribution >= 0.6 is 8.07 Å². The largest absolute Gasteiger partial charge is 0.212 e. The maximum atomic E-state index is 3.84. The average Bonchev–Trinajstić information content (AvgIpc) is 2.43. The first-order chi connectivity index (χ1) is 4.88. The zero-order chi connectivity index (χ0) is 7.40. The van der Waals surface area contributed by atoms with Crippen molar-refractivity contribution in [3.05, 3.63) is 6.33 Å². The number of hydrogen-bond donors (Lipinski definition) is 0.